The van der Waals surface area contributed by atoms with Gasteiger partial charge in [-0.15, -0.1) is 0 Å². The van der Waals surface area contributed by atoms with E-state index in [1.54, 1.807) is 6.20 Å². The summed E-state index contributed by atoms with van der Waals surface area (Å²) in [5.74, 6) is -0.556. The number of carbonyl (C=O) groups excluding carboxylic acids is 1. The average Bonchev–Trinajstić information content (AvgIpc) is 3.29. The molecule has 0 saturated carbocycles. The Morgan fingerprint density at radius 2 is 1.86 bits per heavy atom. The van der Waals surface area contributed by atoms with Crippen molar-refractivity contribution in [3.8, 4) is 11.1 Å². The van der Waals surface area contributed by atoms with Crippen LogP contribution in [-0.4, -0.2) is 74.9 Å². The van der Waals surface area contributed by atoms with Crippen LogP contribution in [0.2, 0.25) is 0 Å². The van der Waals surface area contributed by atoms with Gasteiger partial charge in [0.05, 0.1) is 36.0 Å². The van der Waals surface area contributed by atoms with Gasteiger partial charge in [0, 0.05) is 43.0 Å². The number of H-pyrrole nitrogens is 1. The first-order chi connectivity index (χ1) is 17.7. The lowest BCUT2D eigenvalue weighted by atomic mass is 10.0. The lowest BCUT2D eigenvalue weighted by molar-refractivity contribution is 0.0792. The van der Waals surface area contributed by atoms with Gasteiger partial charge in [-0.05, 0) is 42.2 Å². The number of hydrogen-bond acceptors (Lipinski definition) is 9. The number of aromatic nitrogens is 5. The van der Waals surface area contributed by atoms with Gasteiger partial charge in [-0.25, -0.2) is 18.4 Å². The number of benzene rings is 1. The molecule has 4 N–H and O–H groups in total. The van der Waals surface area contributed by atoms with E-state index in [1.165, 1.54) is 12.4 Å². The van der Waals surface area contributed by atoms with Gasteiger partial charge in [-0.3, -0.25) is 24.5 Å². The molecule has 37 heavy (non-hydrogen) atoms. The molecule has 3 aromatic heterocycles. The topological polar surface area (TPSA) is 166 Å². The Kier molecular flexibility index (Phi) is 6.82. The summed E-state index contributed by atoms with van der Waals surface area (Å²) < 4.78 is 24.8. The van der Waals surface area contributed by atoms with Crippen molar-refractivity contribution in [2.24, 2.45) is 0 Å². The van der Waals surface area contributed by atoms with Gasteiger partial charge in [-0.1, -0.05) is 6.07 Å². The van der Waals surface area contributed by atoms with Gasteiger partial charge in [-0.2, -0.15) is 5.10 Å². The summed E-state index contributed by atoms with van der Waals surface area (Å²) in [5.41, 5.74) is 4.09. The van der Waals surface area contributed by atoms with Crippen LogP contribution in [0, 0.1) is 0 Å². The predicted molar refractivity (Wildman–Crippen MR) is 138 cm³/mol. The summed E-state index contributed by atoms with van der Waals surface area (Å²) in [6.45, 7) is 2.47. The second kappa shape index (κ2) is 10.2. The molecule has 1 aliphatic rings. The SMILES string of the molecule is CS(=O)(=O)Nc1ncc(NC(=O)c2n[nH]c3ccc(-c4cncc(CN5CCC(O)CC5)c4)cc23)cn1. The van der Waals surface area contributed by atoms with Gasteiger partial charge < -0.3 is 10.4 Å². The average molecular weight is 523 g/mol. The maximum absolute atomic E-state index is 13.0. The third-order valence-electron chi connectivity index (χ3n) is 6.06. The minimum Gasteiger partial charge on any atom is -0.393 e. The summed E-state index contributed by atoms with van der Waals surface area (Å²) in [7, 11) is -3.50. The number of sulfonamides is 1. The zero-order chi connectivity index (χ0) is 26.0. The molecule has 1 aromatic carbocycles. The van der Waals surface area contributed by atoms with Crippen LogP contribution in [0.15, 0.2) is 49.1 Å². The van der Waals surface area contributed by atoms with E-state index in [0.717, 1.165) is 55.4 Å². The number of carbonyl (C=O) groups is 1. The molecule has 1 fully saturated rings. The van der Waals surface area contributed by atoms with Crippen LogP contribution in [0.4, 0.5) is 11.6 Å². The third kappa shape index (κ3) is 6.07. The Morgan fingerprint density at radius 1 is 1.11 bits per heavy atom. The van der Waals surface area contributed by atoms with Gasteiger partial charge in [0.2, 0.25) is 16.0 Å². The van der Waals surface area contributed by atoms with Crippen LogP contribution in [0.5, 0.6) is 0 Å². The van der Waals surface area contributed by atoms with Gasteiger partial charge in [0.25, 0.3) is 5.91 Å². The number of nitrogens with zero attached hydrogens (tertiary/aromatic N) is 5. The zero-order valence-electron chi connectivity index (χ0n) is 20.0. The fourth-order valence-electron chi connectivity index (χ4n) is 4.24. The van der Waals surface area contributed by atoms with E-state index in [4.69, 9.17) is 0 Å². The minimum atomic E-state index is -3.50. The molecule has 0 bridgehead atoms. The second-order valence-corrected chi connectivity index (χ2v) is 10.8. The van der Waals surface area contributed by atoms with Crippen molar-refractivity contribution < 1.29 is 18.3 Å². The van der Waals surface area contributed by atoms with E-state index in [1.807, 2.05) is 24.4 Å². The van der Waals surface area contributed by atoms with Crippen molar-refractivity contribution in [2.75, 3.05) is 29.4 Å². The number of fused-ring (bicyclic) bond motifs is 1. The Morgan fingerprint density at radius 3 is 2.59 bits per heavy atom. The highest BCUT2D eigenvalue weighted by Gasteiger charge is 2.18. The first-order valence-corrected chi connectivity index (χ1v) is 13.6. The van der Waals surface area contributed by atoms with Crippen LogP contribution in [-0.2, 0) is 16.6 Å². The van der Waals surface area contributed by atoms with E-state index in [0.29, 0.717) is 16.6 Å². The monoisotopic (exact) mass is 522 g/mol. The summed E-state index contributed by atoms with van der Waals surface area (Å²) in [6, 6.07) is 7.79. The Hall–Kier alpha value is -3.94. The molecule has 5 rings (SSSR count). The standard InChI is InChI=1S/C24H26N8O4S/c1-37(35,36)31-24-26-12-18(13-27-24)28-23(34)22-20-9-16(2-3-21(20)29-30-22)17-8-15(10-25-11-17)14-32-6-4-19(33)5-7-32/h2-3,8-13,19,33H,4-7,14H2,1H3,(H,28,34)(H,29,30)(H,26,27,31). The molecule has 192 valence electrons. The Balaban J connectivity index is 1.33. The van der Waals surface area contributed by atoms with Gasteiger partial charge in [0.1, 0.15) is 0 Å². The number of likely N-dealkylation sites (tertiary alicyclic amines) is 1. The molecule has 1 amide bonds. The largest absolute Gasteiger partial charge is 0.393 e. The van der Waals surface area contributed by atoms with Crippen LogP contribution < -0.4 is 10.0 Å². The number of rotatable bonds is 7. The fraction of sp³-hybridized carbons (Fsp3) is 0.292. The molecule has 0 radical (unpaired) electrons. The van der Waals surface area contributed by atoms with Crippen LogP contribution in [0.3, 0.4) is 0 Å². The number of aromatic amines is 1. The number of nitrogens with one attached hydrogen (secondary N) is 3. The quantitative estimate of drug-likeness (QED) is 0.284. The summed E-state index contributed by atoms with van der Waals surface area (Å²) in [6.07, 6.45) is 8.59. The van der Waals surface area contributed by atoms with E-state index < -0.39 is 15.9 Å². The molecular weight excluding hydrogens is 496 g/mol. The molecule has 4 aromatic rings. The molecule has 13 heteroatoms. The van der Waals surface area contributed by atoms with Crippen LogP contribution in [0.25, 0.3) is 22.0 Å². The highest BCUT2D eigenvalue weighted by Crippen LogP contribution is 2.26. The minimum absolute atomic E-state index is 0.0934. The molecule has 1 saturated heterocycles. The lowest BCUT2D eigenvalue weighted by Gasteiger charge is -2.29. The highest BCUT2D eigenvalue weighted by molar-refractivity contribution is 7.91. The van der Waals surface area contributed by atoms with E-state index in [-0.39, 0.29) is 17.7 Å². The first-order valence-electron chi connectivity index (χ1n) is 11.7. The molecule has 1 aliphatic heterocycles. The van der Waals surface area contributed by atoms with E-state index >= 15 is 0 Å². The summed E-state index contributed by atoms with van der Waals surface area (Å²) in [5, 5.41) is 20.1. The predicted octanol–water partition coefficient (Wildman–Crippen LogP) is 2.00. The second-order valence-electron chi connectivity index (χ2n) is 9.05. The molecular formula is C24H26N8O4S. The first kappa shape index (κ1) is 24.7. The number of piperidine rings is 1. The van der Waals surface area contributed by atoms with Crippen LogP contribution in [0.1, 0.15) is 28.9 Å². The molecule has 12 nitrogen and oxygen atoms in total. The number of pyridine rings is 1. The van der Waals surface area contributed by atoms with Crippen LogP contribution >= 0.6 is 0 Å². The van der Waals surface area contributed by atoms with Crippen molar-refractivity contribution in [1.29, 1.82) is 0 Å². The molecule has 4 heterocycles. The molecule has 0 unspecified atom stereocenters. The smallest absolute Gasteiger partial charge is 0.276 e. The third-order valence-corrected chi connectivity index (χ3v) is 6.61. The summed E-state index contributed by atoms with van der Waals surface area (Å²) >= 11 is 0. The van der Waals surface area contributed by atoms with Crippen molar-refractivity contribution in [3.63, 3.8) is 0 Å². The molecule has 0 aliphatic carbocycles. The normalized spacial score (nSPS) is 15.1. The number of aliphatic hydroxyl groups excluding tert-OH is 1. The number of aliphatic hydroxyl groups is 1. The maximum atomic E-state index is 13.0. The van der Waals surface area contributed by atoms with E-state index in [2.05, 4.69) is 46.2 Å². The molecule has 0 atom stereocenters. The van der Waals surface area contributed by atoms with Gasteiger partial charge in [0.15, 0.2) is 5.69 Å². The van der Waals surface area contributed by atoms with Gasteiger partial charge >= 0.3 is 0 Å². The summed E-state index contributed by atoms with van der Waals surface area (Å²) in [4.78, 5) is 27.5. The van der Waals surface area contributed by atoms with Crippen molar-refractivity contribution in [1.82, 2.24) is 30.0 Å². The lowest BCUT2D eigenvalue weighted by Crippen LogP contribution is -2.35. The number of anilines is 2. The Labute approximate surface area is 213 Å². The zero-order valence-corrected chi connectivity index (χ0v) is 20.9. The van der Waals surface area contributed by atoms with Crippen molar-refractivity contribution in [2.45, 2.75) is 25.5 Å². The van der Waals surface area contributed by atoms with Crippen molar-refractivity contribution >= 4 is 38.5 Å². The highest BCUT2D eigenvalue weighted by atomic mass is 32.2. The fourth-order valence-corrected chi connectivity index (χ4v) is 4.67. The number of hydrogen-bond donors (Lipinski definition) is 4. The van der Waals surface area contributed by atoms with E-state index in [9.17, 15) is 18.3 Å². The molecule has 0 spiro atoms. The Bertz CT molecular complexity index is 1530. The number of amides is 1. The van der Waals surface area contributed by atoms with Crippen molar-refractivity contribution in [3.05, 3.63) is 60.3 Å². The maximum Gasteiger partial charge on any atom is 0.276 e.